The number of nitrogens with zero attached hydrogens (tertiary/aromatic N) is 4. The van der Waals surface area contributed by atoms with Gasteiger partial charge in [-0.1, -0.05) is 55.3 Å². The summed E-state index contributed by atoms with van der Waals surface area (Å²) in [7, 11) is 1.59. The number of rotatable bonds is 5. The molecule has 1 spiro atoms. The molecule has 0 bridgehead atoms. The summed E-state index contributed by atoms with van der Waals surface area (Å²) in [6.07, 6.45) is 5.63. The van der Waals surface area contributed by atoms with Gasteiger partial charge in [0.05, 0.1) is 37.3 Å². The Bertz CT molecular complexity index is 1440. The smallest absolute Gasteiger partial charge is 0.320 e. The number of benzene rings is 2. The second-order valence-electron chi connectivity index (χ2n) is 11.7. The van der Waals surface area contributed by atoms with Gasteiger partial charge in [0.1, 0.15) is 5.75 Å². The number of carbonyl (C=O) groups excluding carboxylic acids is 1. The van der Waals surface area contributed by atoms with Gasteiger partial charge in [0.15, 0.2) is 0 Å². The molecule has 1 saturated carbocycles. The van der Waals surface area contributed by atoms with E-state index in [2.05, 4.69) is 22.4 Å². The first-order valence-electron chi connectivity index (χ1n) is 14.7. The molecule has 3 fully saturated rings. The minimum Gasteiger partial charge on any atom is -0.496 e. The van der Waals surface area contributed by atoms with E-state index in [1.807, 2.05) is 52.3 Å². The summed E-state index contributed by atoms with van der Waals surface area (Å²) >= 11 is 0. The zero-order valence-corrected chi connectivity index (χ0v) is 23.7. The van der Waals surface area contributed by atoms with Crippen LogP contribution in [-0.4, -0.2) is 75.9 Å². The number of piperazine rings is 1. The van der Waals surface area contributed by atoms with Crippen LogP contribution in [0.15, 0.2) is 71.8 Å². The Morgan fingerprint density at radius 1 is 1.07 bits per heavy atom. The first-order chi connectivity index (χ1) is 19.9. The molecule has 2 N–H and O–H groups in total. The lowest BCUT2D eigenvalue weighted by atomic mass is 9.66. The Labute approximate surface area is 240 Å². The van der Waals surface area contributed by atoms with Crippen molar-refractivity contribution in [3.8, 4) is 17.0 Å². The molecule has 3 aromatic rings. The lowest BCUT2D eigenvalue weighted by Crippen LogP contribution is -2.64. The van der Waals surface area contributed by atoms with E-state index in [1.54, 1.807) is 7.11 Å². The quantitative estimate of drug-likeness (QED) is 0.497. The van der Waals surface area contributed by atoms with Crippen LogP contribution in [0, 0.1) is 5.41 Å². The fraction of sp³-hybridized carbons (Fsp3) is 0.469. The van der Waals surface area contributed by atoms with Crippen molar-refractivity contribution in [3.63, 3.8) is 0 Å². The summed E-state index contributed by atoms with van der Waals surface area (Å²) in [6.45, 7) is 3.23. The summed E-state index contributed by atoms with van der Waals surface area (Å²) in [5, 5.41) is 15.7. The summed E-state index contributed by atoms with van der Waals surface area (Å²) in [5.41, 5.74) is 0.625. The number of likely N-dealkylation sites (tertiary alicyclic amines) is 1. The number of para-hydroxylation sites is 1. The number of nitrogens with one attached hydrogen (secondary N) is 1. The highest BCUT2D eigenvalue weighted by Crippen LogP contribution is 2.51. The van der Waals surface area contributed by atoms with Gasteiger partial charge in [-0.25, -0.2) is 9.78 Å². The van der Waals surface area contributed by atoms with Gasteiger partial charge in [0.25, 0.3) is 5.56 Å². The lowest BCUT2D eigenvalue weighted by molar-refractivity contribution is -0.137. The van der Waals surface area contributed by atoms with Crippen LogP contribution in [0.4, 0.5) is 4.79 Å². The summed E-state index contributed by atoms with van der Waals surface area (Å²) in [6, 6.07) is 19.2. The molecule has 6 rings (SSSR count). The molecular formula is C32H39N5O4. The van der Waals surface area contributed by atoms with E-state index in [1.165, 1.54) is 17.0 Å². The standard InChI is InChI=1S/C32H39N5O4/c1-41-28-12-6-5-11-25(28)26-19-29(38)36(23-34-26)22-32(40)15-17-35(21-31(32)13-7-8-14-31)30(39)37-18-16-33-20-27(37)24-9-3-2-4-10-24/h2-6,9-12,19,23,27,33,40H,7-8,13-18,20-22H2,1H3/t27-,32+/m0/s1. The van der Waals surface area contributed by atoms with Gasteiger partial charge < -0.3 is 25.0 Å². The second kappa shape index (κ2) is 11.3. The molecule has 2 saturated heterocycles. The normalized spacial score (nSPS) is 24.0. The molecule has 9 nitrogen and oxygen atoms in total. The number of hydrogen-bond acceptors (Lipinski definition) is 6. The topological polar surface area (TPSA) is 99.9 Å². The van der Waals surface area contributed by atoms with Crippen LogP contribution in [0.25, 0.3) is 11.3 Å². The first kappa shape index (κ1) is 27.5. The fourth-order valence-electron chi connectivity index (χ4n) is 7.18. The molecule has 3 heterocycles. The molecule has 216 valence electrons. The van der Waals surface area contributed by atoms with Gasteiger partial charge in [-0.15, -0.1) is 0 Å². The van der Waals surface area contributed by atoms with E-state index in [-0.39, 0.29) is 24.2 Å². The molecule has 1 aliphatic carbocycles. The number of amides is 2. The Balaban J connectivity index is 1.23. The van der Waals surface area contributed by atoms with Crippen molar-refractivity contribution in [2.24, 2.45) is 5.41 Å². The molecule has 9 heteroatoms. The van der Waals surface area contributed by atoms with Crippen LogP contribution in [0.2, 0.25) is 0 Å². The zero-order valence-electron chi connectivity index (χ0n) is 23.7. The lowest BCUT2D eigenvalue weighted by Gasteiger charge is -2.53. The molecule has 0 unspecified atom stereocenters. The zero-order chi connectivity index (χ0) is 28.5. The third-order valence-corrected chi connectivity index (χ3v) is 9.47. The highest BCUT2D eigenvalue weighted by molar-refractivity contribution is 5.75. The molecular weight excluding hydrogens is 518 g/mol. The van der Waals surface area contributed by atoms with Gasteiger partial charge in [0, 0.05) is 49.8 Å². The molecule has 41 heavy (non-hydrogen) atoms. The van der Waals surface area contributed by atoms with Crippen molar-refractivity contribution in [3.05, 3.63) is 82.9 Å². The highest BCUT2D eigenvalue weighted by atomic mass is 16.5. The predicted octanol–water partition coefficient (Wildman–Crippen LogP) is 3.68. The van der Waals surface area contributed by atoms with Gasteiger partial charge >= 0.3 is 6.03 Å². The number of ether oxygens (including phenoxy) is 1. The molecule has 0 radical (unpaired) electrons. The van der Waals surface area contributed by atoms with Gasteiger partial charge in [-0.3, -0.25) is 9.36 Å². The Hall–Kier alpha value is -3.69. The van der Waals surface area contributed by atoms with Crippen LogP contribution < -0.4 is 15.6 Å². The average Bonchev–Trinajstić information content (AvgIpc) is 3.50. The number of methoxy groups -OCH3 is 1. The van der Waals surface area contributed by atoms with Crippen molar-refractivity contribution < 1.29 is 14.6 Å². The van der Waals surface area contributed by atoms with Crippen LogP contribution in [0.3, 0.4) is 0 Å². The molecule has 3 aliphatic rings. The van der Waals surface area contributed by atoms with Crippen LogP contribution >= 0.6 is 0 Å². The van der Waals surface area contributed by atoms with Crippen molar-refractivity contribution >= 4 is 6.03 Å². The third kappa shape index (κ3) is 5.13. The SMILES string of the molecule is COc1ccccc1-c1cc(=O)n(C[C@]2(O)CCN(C(=O)N3CCNC[C@H]3c3ccccc3)CC23CCCC3)cn1. The van der Waals surface area contributed by atoms with E-state index < -0.39 is 11.0 Å². The van der Waals surface area contributed by atoms with Crippen LogP contribution in [0.5, 0.6) is 5.75 Å². The van der Waals surface area contributed by atoms with Gasteiger partial charge in [-0.05, 0) is 37.0 Å². The summed E-state index contributed by atoms with van der Waals surface area (Å²) in [4.78, 5) is 35.8. The molecule has 1 aromatic heterocycles. The monoisotopic (exact) mass is 557 g/mol. The number of hydrogen-bond donors (Lipinski definition) is 2. The Kier molecular flexibility index (Phi) is 7.57. The number of urea groups is 1. The number of carbonyl (C=O) groups is 1. The van der Waals surface area contributed by atoms with Crippen LogP contribution in [-0.2, 0) is 6.54 Å². The fourth-order valence-corrected chi connectivity index (χ4v) is 7.18. The third-order valence-electron chi connectivity index (χ3n) is 9.47. The van der Waals surface area contributed by atoms with Crippen molar-refractivity contribution in [1.82, 2.24) is 24.7 Å². The van der Waals surface area contributed by atoms with Gasteiger partial charge in [-0.2, -0.15) is 0 Å². The highest BCUT2D eigenvalue weighted by Gasteiger charge is 2.56. The van der Waals surface area contributed by atoms with Crippen molar-refractivity contribution in [2.45, 2.75) is 50.3 Å². The number of aliphatic hydroxyl groups is 1. The average molecular weight is 558 g/mol. The van der Waals surface area contributed by atoms with E-state index >= 15 is 0 Å². The first-order valence-corrected chi connectivity index (χ1v) is 14.7. The van der Waals surface area contributed by atoms with E-state index in [0.29, 0.717) is 37.5 Å². The molecule has 2 aliphatic heterocycles. The molecule has 2 amide bonds. The maximum atomic E-state index is 14.0. The number of piperidine rings is 1. The maximum absolute atomic E-state index is 14.0. The molecule has 2 aromatic carbocycles. The second-order valence-corrected chi connectivity index (χ2v) is 11.7. The summed E-state index contributed by atoms with van der Waals surface area (Å²) < 4.78 is 6.97. The van der Waals surface area contributed by atoms with Crippen molar-refractivity contribution in [2.75, 3.05) is 39.8 Å². The van der Waals surface area contributed by atoms with E-state index in [0.717, 1.165) is 49.9 Å². The van der Waals surface area contributed by atoms with E-state index in [4.69, 9.17) is 4.74 Å². The molecule has 2 atom stereocenters. The minimum atomic E-state index is -1.11. The van der Waals surface area contributed by atoms with Gasteiger partial charge in [0.2, 0.25) is 0 Å². The van der Waals surface area contributed by atoms with Crippen molar-refractivity contribution in [1.29, 1.82) is 0 Å². The largest absolute Gasteiger partial charge is 0.496 e. The summed E-state index contributed by atoms with van der Waals surface area (Å²) in [5.74, 6) is 0.650. The minimum absolute atomic E-state index is 0.0239. The predicted molar refractivity (Wildman–Crippen MR) is 157 cm³/mol. The van der Waals surface area contributed by atoms with Crippen LogP contribution in [0.1, 0.15) is 43.7 Å². The Morgan fingerprint density at radius 3 is 2.59 bits per heavy atom. The maximum Gasteiger partial charge on any atom is 0.320 e. The number of aromatic nitrogens is 2. The van der Waals surface area contributed by atoms with E-state index in [9.17, 15) is 14.7 Å². The Morgan fingerprint density at radius 2 is 1.83 bits per heavy atom.